The van der Waals surface area contributed by atoms with Crippen LogP contribution in [0.2, 0.25) is 0 Å². The fourth-order valence-electron chi connectivity index (χ4n) is 2.72. The third-order valence-electron chi connectivity index (χ3n) is 4.12. The Balaban J connectivity index is 1.42. The molecule has 9 nitrogen and oxygen atoms in total. The number of amides is 1. The van der Waals surface area contributed by atoms with E-state index >= 15 is 0 Å². The molecule has 0 bridgehead atoms. The van der Waals surface area contributed by atoms with Gasteiger partial charge in [-0.15, -0.1) is 5.10 Å². The Morgan fingerprint density at radius 1 is 1.18 bits per heavy atom. The molecule has 1 N–H and O–H groups in total. The quantitative estimate of drug-likeness (QED) is 0.569. The molecule has 4 heterocycles. The molecule has 0 aliphatic rings. The molecule has 9 heteroatoms. The van der Waals surface area contributed by atoms with E-state index in [0.29, 0.717) is 11.5 Å². The highest BCUT2D eigenvalue weighted by molar-refractivity contribution is 5.91. The van der Waals surface area contributed by atoms with Crippen molar-refractivity contribution in [2.24, 2.45) is 0 Å². The Labute approximate surface area is 160 Å². The Bertz CT molecular complexity index is 1120. The monoisotopic (exact) mass is 375 g/mol. The highest BCUT2D eigenvalue weighted by Gasteiger charge is 2.14. The number of pyridine rings is 2. The smallest absolute Gasteiger partial charge is 0.273 e. The lowest BCUT2D eigenvalue weighted by atomic mass is 10.2. The van der Waals surface area contributed by atoms with Gasteiger partial charge in [-0.2, -0.15) is 0 Å². The van der Waals surface area contributed by atoms with E-state index in [-0.39, 0.29) is 18.1 Å². The van der Waals surface area contributed by atoms with Gasteiger partial charge in [-0.25, -0.2) is 4.68 Å². The molecule has 0 unspecified atom stereocenters. The molecule has 4 aromatic heterocycles. The van der Waals surface area contributed by atoms with Crippen LogP contribution in [0.4, 0.5) is 0 Å². The highest BCUT2D eigenvalue weighted by Crippen LogP contribution is 2.19. The fourth-order valence-corrected chi connectivity index (χ4v) is 2.72. The second-order valence-corrected chi connectivity index (χ2v) is 6.21. The van der Waals surface area contributed by atoms with Gasteiger partial charge in [0, 0.05) is 29.7 Å². The molecule has 1 amide bonds. The predicted molar refractivity (Wildman–Crippen MR) is 99.5 cm³/mol. The molecule has 0 aliphatic carbocycles. The van der Waals surface area contributed by atoms with Crippen molar-refractivity contribution < 1.29 is 9.32 Å². The standard InChI is InChI=1S/C19H17N7O2/c1-12-3-4-17(13(2)22-12)26-11-16(23-25-26)19(27)21-10-15-9-18(28-24-15)14-5-7-20-8-6-14/h3-9,11H,10H2,1-2H3,(H,21,27). The summed E-state index contributed by atoms with van der Waals surface area (Å²) in [5, 5.41) is 14.7. The van der Waals surface area contributed by atoms with E-state index < -0.39 is 0 Å². The molecule has 0 aliphatic heterocycles. The third-order valence-corrected chi connectivity index (χ3v) is 4.12. The third kappa shape index (κ3) is 3.63. The molecule has 0 saturated carbocycles. The van der Waals surface area contributed by atoms with Gasteiger partial charge in [-0.3, -0.25) is 14.8 Å². The van der Waals surface area contributed by atoms with Crippen LogP contribution in [0.3, 0.4) is 0 Å². The van der Waals surface area contributed by atoms with Gasteiger partial charge in [0.15, 0.2) is 11.5 Å². The minimum Gasteiger partial charge on any atom is -0.356 e. The summed E-state index contributed by atoms with van der Waals surface area (Å²) in [6.07, 6.45) is 4.92. The highest BCUT2D eigenvalue weighted by atomic mass is 16.5. The normalized spacial score (nSPS) is 10.8. The van der Waals surface area contributed by atoms with Crippen LogP contribution in [0.15, 0.2) is 53.4 Å². The van der Waals surface area contributed by atoms with Crippen LogP contribution >= 0.6 is 0 Å². The summed E-state index contributed by atoms with van der Waals surface area (Å²) >= 11 is 0. The first-order valence-corrected chi connectivity index (χ1v) is 8.61. The zero-order chi connectivity index (χ0) is 19.5. The molecular weight excluding hydrogens is 358 g/mol. The number of carbonyl (C=O) groups excluding carboxylic acids is 1. The Hall–Kier alpha value is -3.88. The molecule has 0 radical (unpaired) electrons. The van der Waals surface area contributed by atoms with Gasteiger partial charge in [0.25, 0.3) is 5.91 Å². The van der Waals surface area contributed by atoms with Crippen LogP contribution in [0.25, 0.3) is 17.0 Å². The van der Waals surface area contributed by atoms with E-state index in [1.165, 1.54) is 4.68 Å². The Kier molecular flexibility index (Phi) is 4.63. The minimum absolute atomic E-state index is 0.206. The molecule has 0 fully saturated rings. The van der Waals surface area contributed by atoms with Crippen LogP contribution in [-0.4, -0.2) is 36.0 Å². The Morgan fingerprint density at radius 2 is 2.00 bits per heavy atom. The number of rotatable bonds is 5. The Morgan fingerprint density at radius 3 is 2.79 bits per heavy atom. The molecule has 0 spiro atoms. The second kappa shape index (κ2) is 7.39. The second-order valence-electron chi connectivity index (χ2n) is 6.21. The van der Waals surface area contributed by atoms with Gasteiger partial charge in [0.1, 0.15) is 5.69 Å². The summed E-state index contributed by atoms with van der Waals surface area (Å²) < 4.78 is 6.84. The first-order chi connectivity index (χ1) is 13.6. The van der Waals surface area contributed by atoms with Gasteiger partial charge in [0.05, 0.1) is 24.1 Å². The van der Waals surface area contributed by atoms with Crippen molar-refractivity contribution in [2.75, 3.05) is 0 Å². The number of aryl methyl sites for hydroxylation is 2. The maximum Gasteiger partial charge on any atom is 0.273 e. The number of nitrogens with one attached hydrogen (secondary N) is 1. The van der Waals surface area contributed by atoms with Crippen molar-refractivity contribution in [1.29, 1.82) is 0 Å². The van der Waals surface area contributed by atoms with Crippen molar-refractivity contribution in [3.8, 4) is 17.0 Å². The molecule has 28 heavy (non-hydrogen) atoms. The number of hydrogen-bond donors (Lipinski definition) is 1. The van der Waals surface area contributed by atoms with Crippen molar-refractivity contribution >= 4 is 5.91 Å². The van der Waals surface area contributed by atoms with E-state index in [9.17, 15) is 4.79 Å². The van der Waals surface area contributed by atoms with Crippen molar-refractivity contribution in [3.05, 3.63) is 71.7 Å². The summed E-state index contributed by atoms with van der Waals surface area (Å²) in [5.41, 5.74) is 4.17. The molecule has 0 saturated heterocycles. The van der Waals surface area contributed by atoms with E-state index in [1.807, 2.05) is 38.1 Å². The van der Waals surface area contributed by atoms with Gasteiger partial charge < -0.3 is 9.84 Å². The van der Waals surface area contributed by atoms with Crippen LogP contribution in [0.1, 0.15) is 27.6 Å². The molecule has 0 aromatic carbocycles. The number of carbonyl (C=O) groups is 1. The summed E-state index contributed by atoms with van der Waals surface area (Å²) in [5.74, 6) is 0.261. The predicted octanol–water partition coefficient (Wildman–Crippen LogP) is 2.26. The minimum atomic E-state index is -0.350. The van der Waals surface area contributed by atoms with E-state index in [4.69, 9.17) is 4.52 Å². The van der Waals surface area contributed by atoms with Gasteiger partial charge >= 0.3 is 0 Å². The largest absolute Gasteiger partial charge is 0.356 e. The summed E-state index contributed by atoms with van der Waals surface area (Å²) in [6, 6.07) is 9.19. The molecular formula is C19H17N7O2. The zero-order valence-electron chi connectivity index (χ0n) is 15.3. The average molecular weight is 375 g/mol. The zero-order valence-corrected chi connectivity index (χ0v) is 15.3. The van der Waals surface area contributed by atoms with Gasteiger partial charge in [0.2, 0.25) is 0 Å². The average Bonchev–Trinajstić information content (AvgIpc) is 3.37. The topological polar surface area (TPSA) is 112 Å². The molecule has 0 atom stereocenters. The first-order valence-electron chi connectivity index (χ1n) is 8.61. The summed E-state index contributed by atoms with van der Waals surface area (Å²) in [6.45, 7) is 4.01. The summed E-state index contributed by atoms with van der Waals surface area (Å²) in [4.78, 5) is 20.7. The first kappa shape index (κ1) is 17.5. The van der Waals surface area contributed by atoms with Crippen LogP contribution in [-0.2, 0) is 6.54 Å². The number of hydrogen-bond acceptors (Lipinski definition) is 7. The van der Waals surface area contributed by atoms with Crippen LogP contribution < -0.4 is 5.32 Å². The van der Waals surface area contributed by atoms with Gasteiger partial charge in [-0.05, 0) is 38.1 Å². The number of aromatic nitrogens is 6. The maximum atomic E-state index is 12.4. The van der Waals surface area contributed by atoms with E-state index in [2.05, 4.69) is 30.8 Å². The SMILES string of the molecule is Cc1ccc(-n2cc(C(=O)NCc3cc(-c4ccncc4)on3)nn2)c(C)n1. The fraction of sp³-hybridized carbons (Fsp3) is 0.158. The maximum absolute atomic E-state index is 12.4. The molecule has 140 valence electrons. The lowest BCUT2D eigenvalue weighted by molar-refractivity contribution is 0.0945. The lowest BCUT2D eigenvalue weighted by Crippen LogP contribution is -2.23. The van der Waals surface area contributed by atoms with Crippen LogP contribution in [0.5, 0.6) is 0 Å². The van der Waals surface area contributed by atoms with Crippen molar-refractivity contribution in [2.45, 2.75) is 20.4 Å². The van der Waals surface area contributed by atoms with Crippen molar-refractivity contribution in [1.82, 2.24) is 35.4 Å². The van der Waals surface area contributed by atoms with Crippen molar-refractivity contribution in [3.63, 3.8) is 0 Å². The summed E-state index contributed by atoms with van der Waals surface area (Å²) in [7, 11) is 0. The lowest BCUT2D eigenvalue weighted by Gasteiger charge is -2.04. The number of nitrogens with zero attached hydrogens (tertiary/aromatic N) is 6. The van der Waals surface area contributed by atoms with Gasteiger partial charge in [-0.1, -0.05) is 10.4 Å². The van der Waals surface area contributed by atoms with E-state index in [0.717, 1.165) is 22.6 Å². The molecule has 4 rings (SSSR count). The van der Waals surface area contributed by atoms with E-state index in [1.54, 1.807) is 24.7 Å². The molecule has 4 aromatic rings. The van der Waals surface area contributed by atoms with Crippen LogP contribution in [0, 0.1) is 13.8 Å².